The van der Waals surface area contributed by atoms with Gasteiger partial charge in [0, 0.05) is 0 Å². The number of hydrogen-bond acceptors (Lipinski definition) is 2. The molecule has 0 spiro atoms. The molecule has 16 heavy (non-hydrogen) atoms. The fraction of sp³-hybridized carbons (Fsp3) is 0.308. The van der Waals surface area contributed by atoms with Crippen LogP contribution in [0.5, 0.6) is 0 Å². The monoisotopic (exact) mass is 218 g/mol. The molecule has 0 heterocycles. The first-order valence-corrected chi connectivity index (χ1v) is 5.41. The van der Waals surface area contributed by atoms with Crippen LogP contribution in [0, 0.1) is 6.92 Å². The number of carbonyl (C=O) groups excluding carboxylic acids is 1. The number of nitrogen functional groups attached to an aromatic ring is 1. The molecule has 0 radical (unpaired) electrons. The predicted octanol–water partition coefficient (Wildman–Crippen LogP) is 2.65. The molecule has 1 rings (SSSR count). The number of nitrogens with two attached hydrogens (primary N) is 1. The Morgan fingerprint density at radius 1 is 1.56 bits per heavy atom. The summed E-state index contributed by atoms with van der Waals surface area (Å²) in [6.07, 6.45) is 3.19. The maximum absolute atomic E-state index is 11.2. The van der Waals surface area contributed by atoms with Crippen LogP contribution in [0.15, 0.2) is 24.8 Å². The molecular weight excluding hydrogens is 200 g/mol. The summed E-state index contributed by atoms with van der Waals surface area (Å²) in [6.45, 7) is 7.50. The SMILES string of the molecule is C=CC(=O)Nc1cc(C)cc(CCC)c1N. The second-order valence-electron chi connectivity index (χ2n) is 3.83. The van der Waals surface area contributed by atoms with Crippen LogP contribution < -0.4 is 11.1 Å². The van der Waals surface area contributed by atoms with E-state index in [1.165, 1.54) is 6.08 Å². The van der Waals surface area contributed by atoms with Crippen molar-refractivity contribution in [1.82, 2.24) is 0 Å². The first kappa shape index (κ1) is 12.3. The van der Waals surface area contributed by atoms with Gasteiger partial charge in [0.1, 0.15) is 0 Å². The second kappa shape index (κ2) is 5.35. The molecule has 0 saturated carbocycles. The van der Waals surface area contributed by atoms with Gasteiger partial charge >= 0.3 is 0 Å². The zero-order valence-corrected chi connectivity index (χ0v) is 9.84. The largest absolute Gasteiger partial charge is 0.397 e. The van der Waals surface area contributed by atoms with Gasteiger partial charge in [0.25, 0.3) is 0 Å². The van der Waals surface area contributed by atoms with E-state index in [1.54, 1.807) is 0 Å². The van der Waals surface area contributed by atoms with Crippen LogP contribution in [0.4, 0.5) is 11.4 Å². The van der Waals surface area contributed by atoms with Crippen LogP contribution in [-0.2, 0) is 11.2 Å². The predicted molar refractivity (Wildman–Crippen MR) is 68.4 cm³/mol. The van der Waals surface area contributed by atoms with E-state index < -0.39 is 0 Å². The van der Waals surface area contributed by atoms with Crippen LogP contribution in [0.25, 0.3) is 0 Å². The zero-order chi connectivity index (χ0) is 12.1. The van der Waals surface area contributed by atoms with Gasteiger partial charge in [-0.05, 0) is 36.6 Å². The van der Waals surface area contributed by atoms with Crippen molar-refractivity contribution in [3.05, 3.63) is 35.9 Å². The number of hydrogen-bond donors (Lipinski definition) is 2. The summed E-state index contributed by atoms with van der Waals surface area (Å²) in [7, 11) is 0. The van der Waals surface area contributed by atoms with Gasteiger partial charge in [-0.15, -0.1) is 0 Å². The second-order valence-corrected chi connectivity index (χ2v) is 3.83. The van der Waals surface area contributed by atoms with E-state index in [9.17, 15) is 4.79 Å². The average Bonchev–Trinajstić information content (AvgIpc) is 2.25. The summed E-state index contributed by atoms with van der Waals surface area (Å²) in [6, 6.07) is 3.93. The Morgan fingerprint density at radius 3 is 2.81 bits per heavy atom. The molecule has 0 aliphatic rings. The first-order valence-electron chi connectivity index (χ1n) is 5.41. The molecule has 0 aliphatic heterocycles. The van der Waals surface area contributed by atoms with E-state index in [-0.39, 0.29) is 5.91 Å². The Hall–Kier alpha value is -1.77. The van der Waals surface area contributed by atoms with E-state index in [2.05, 4.69) is 24.9 Å². The highest BCUT2D eigenvalue weighted by atomic mass is 16.1. The average molecular weight is 218 g/mol. The summed E-state index contributed by atoms with van der Waals surface area (Å²) in [5.41, 5.74) is 9.50. The van der Waals surface area contributed by atoms with Gasteiger partial charge in [-0.25, -0.2) is 0 Å². The summed E-state index contributed by atoms with van der Waals surface area (Å²) >= 11 is 0. The van der Waals surface area contributed by atoms with Crippen molar-refractivity contribution < 1.29 is 4.79 Å². The molecule has 0 saturated heterocycles. The Kier molecular flexibility index (Phi) is 4.11. The van der Waals surface area contributed by atoms with Gasteiger partial charge in [-0.2, -0.15) is 0 Å². The van der Waals surface area contributed by atoms with E-state index in [0.717, 1.165) is 24.0 Å². The van der Waals surface area contributed by atoms with Crippen molar-refractivity contribution in [3.63, 3.8) is 0 Å². The number of rotatable bonds is 4. The number of carbonyl (C=O) groups is 1. The molecular formula is C13H18N2O. The third kappa shape index (κ3) is 2.86. The molecule has 0 bridgehead atoms. The van der Waals surface area contributed by atoms with Crippen molar-refractivity contribution in [2.75, 3.05) is 11.1 Å². The fourth-order valence-corrected chi connectivity index (χ4v) is 1.64. The molecule has 0 unspecified atom stereocenters. The molecule has 1 aromatic rings. The minimum Gasteiger partial charge on any atom is -0.397 e. The number of benzene rings is 1. The molecule has 0 aliphatic carbocycles. The highest BCUT2D eigenvalue weighted by Gasteiger charge is 2.07. The lowest BCUT2D eigenvalue weighted by molar-refractivity contribution is -0.111. The molecule has 3 heteroatoms. The van der Waals surface area contributed by atoms with Gasteiger partial charge in [-0.3, -0.25) is 4.79 Å². The molecule has 1 aromatic carbocycles. The maximum atomic E-state index is 11.2. The summed E-state index contributed by atoms with van der Waals surface area (Å²) < 4.78 is 0. The van der Waals surface area contributed by atoms with Gasteiger partial charge < -0.3 is 11.1 Å². The molecule has 0 aromatic heterocycles. The lowest BCUT2D eigenvalue weighted by Gasteiger charge is -2.12. The van der Waals surface area contributed by atoms with Crippen LogP contribution in [0.1, 0.15) is 24.5 Å². The lowest BCUT2D eigenvalue weighted by Crippen LogP contribution is -2.10. The van der Waals surface area contributed by atoms with E-state index in [0.29, 0.717) is 11.4 Å². The standard InChI is InChI=1S/C13H18N2O/c1-4-6-10-7-9(3)8-11(13(10)14)15-12(16)5-2/h5,7-8H,2,4,6,14H2,1,3H3,(H,15,16). The molecule has 86 valence electrons. The van der Waals surface area contributed by atoms with Gasteiger partial charge in [-0.1, -0.05) is 26.0 Å². The summed E-state index contributed by atoms with van der Waals surface area (Å²) in [4.78, 5) is 11.2. The van der Waals surface area contributed by atoms with Crippen LogP contribution in [0.3, 0.4) is 0 Å². The maximum Gasteiger partial charge on any atom is 0.247 e. The number of aryl methyl sites for hydroxylation is 2. The lowest BCUT2D eigenvalue weighted by atomic mass is 10.0. The van der Waals surface area contributed by atoms with Crippen molar-refractivity contribution >= 4 is 17.3 Å². The van der Waals surface area contributed by atoms with Gasteiger partial charge in [0.15, 0.2) is 0 Å². The number of anilines is 2. The number of amides is 1. The normalized spacial score (nSPS) is 9.88. The zero-order valence-electron chi connectivity index (χ0n) is 9.84. The molecule has 3 nitrogen and oxygen atoms in total. The number of nitrogens with one attached hydrogen (secondary N) is 1. The Bertz CT molecular complexity index is 411. The topological polar surface area (TPSA) is 55.1 Å². The highest BCUT2D eigenvalue weighted by Crippen LogP contribution is 2.26. The van der Waals surface area contributed by atoms with Crippen molar-refractivity contribution in [3.8, 4) is 0 Å². The van der Waals surface area contributed by atoms with Crippen LogP contribution in [-0.4, -0.2) is 5.91 Å². The summed E-state index contributed by atoms with van der Waals surface area (Å²) in [5.74, 6) is -0.236. The van der Waals surface area contributed by atoms with E-state index >= 15 is 0 Å². The van der Waals surface area contributed by atoms with Gasteiger partial charge in [0.2, 0.25) is 5.91 Å². The molecule has 0 fully saturated rings. The molecule has 0 atom stereocenters. The third-order valence-corrected chi connectivity index (χ3v) is 2.37. The fourth-order valence-electron chi connectivity index (χ4n) is 1.64. The summed E-state index contributed by atoms with van der Waals surface area (Å²) in [5, 5.41) is 2.72. The van der Waals surface area contributed by atoms with Crippen molar-refractivity contribution in [2.24, 2.45) is 0 Å². The van der Waals surface area contributed by atoms with E-state index in [1.807, 2.05) is 13.0 Å². The van der Waals surface area contributed by atoms with Crippen LogP contribution >= 0.6 is 0 Å². The quantitative estimate of drug-likeness (QED) is 0.603. The minimum absolute atomic E-state index is 0.236. The van der Waals surface area contributed by atoms with Gasteiger partial charge in [0.05, 0.1) is 11.4 Å². The van der Waals surface area contributed by atoms with E-state index in [4.69, 9.17) is 5.73 Å². The Morgan fingerprint density at radius 2 is 2.25 bits per heavy atom. The Labute approximate surface area is 96.3 Å². The first-order chi connectivity index (χ1) is 7.58. The van der Waals surface area contributed by atoms with Crippen LogP contribution in [0.2, 0.25) is 0 Å². The molecule has 1 amide bonds. The molecule has 3 N–H and O–H groups in total. The minimum atomic E-state index is -0.236. The van der Waals surface area contributed by atoms with Crippen molar-refractivity contribution in [2.45, 2.75) is 26.7 Å². The smallest absolute Gasteiger partial charge is 0.247 e. The highest BCUT2D eigenvalue weighted by molar-refractivity contribution is 6.01. The Balaban J connectivity index is 3.08. The third-order valence-electron chi connectivity index (χ3n) is 2.37. The van der Waals surface area contributed by atoms with Crippen molar-refractivity contribution in [1.29, 1.82) is 0 Å².